The van der Waals surface area contributed by atoms with Gasteiger partial charge >= 0.3 is 0 Å². The Morgan fingerprint density at radius 3 is 2.38 bits per heavy atom. The average Bonchev–Trinajstić information content (AvgIpc) is 2.74. The zero-order valence-electron chi connectivity index (χ0n) is 10.9. The SMILES string of the molecule is Cl.Fc1cc(F)cc(CNCc2ccn(CC(F)F)n2)c1. The molecule has 8 heteroatoms. The van der Waals surface area contributed by atoms with E-state index in [0.29, 0.717) is 17.8 Å². The summed E-state index contributed by atoms with van der Waals surface area (Å²) in [5.41, 5.74) is 1.05. The highest BCUT2D eigenvalue weighted by atomic mass is 35.5. The van der Waals surface area contributed by atoms with Gasteiger partial charge in [-0.25, -0.2) is 17.6 Å². The molecule has 0 saturated carbocycles. The summed E-state index contributed by atoms with van der Waals surface area (Å²) in [6.07, 6.45) is -0.989. The molecule has 0 amide bonds. The van der Waals surface area contributed by atoms with Crippen molar-refractivity contribution < 1.29 is 17.6 Å². The van der Waals surface area contributed by atoms with Gasteiger partial charge in [-0.1, -0.05) is 0 Å². The van der Waals surface area contributed by atoms with Gasteiger partial charge in [0.15, 0.2) is 0 Å². The van der Waals surface area contributed by atoms with Crippen molar-refractivity contribution in [3.05, 3.63) is 53.4 Å². The van der Waals surface area contributed by atoms with Crippen LogP contribution in [0.15, 0.2) is 30.5 Å². The van der Waals surface area contributed by atoms with Crippen LogP contribution in [0.25, 0.3) is 0 Å². The molecule has 0 spiro atoms. The Kier molecular flexibility index (Phi) is 6.64. The fraction of sp³-hybridized carbons (Fsp3) is 0.308. The van der Waals surface area contributed by atoms with Gasteiger partial charge in [-0.15, -0.1) is 12.4 Å². The summed E-state index contributed by atoms with van der Waals surface area (Å²) >= 11 is 0. The van der Waals surface area contributed by atoms with Crippen LogP contribution < -0.4 is 5.32 Å². The van der Waals surface area contributed by atoms with Gasteiger partial charge in [0.05, 0.1) is 5.69 Å². The molecular weight excluding hydrogens is 310 g/mol. The molecule has 1 N–H and O–H groups in total. The van der Waals surface area contributed by atoms with E-state index < -0.39 is 24.6 Å². The lowest BCUT2D eigenvalue weighted by atomic mass is 10.2. The van der Waals surface area contributed by atoms with Crippen LogP contribution >= 0.6 is 12.4 Å². The summed E-state index contributed by atoms with van der Waals surface area (Å²) in [5.74, 6) is -1.27. The minimum atomic E-state index is -2.45. The fourth-order valence-corrected chi connectivity index (χ4v) is 1.79. The maximum absolute atomic E-state index is 12.9. The van der Waals surface area contributed by atoms with Gasteiger partial charge in [0.2, 0.25) is 0 Å². The lowest BCUT2D eigenvalue weighted by Crippen LogP contribution is -2.14. The minimum absolute atomic E-state index is 0. The molecule has 0 fully saturated rings. The van der Waals surface area contributed by atoms with Crippen molar-refractivity contribution in [2.75, 3.05) is 0 Å². The van der Waals surface area contributed by atoms with Crippen LogP contribution in [0.4, 0.5) is 17.6 Å². The Balaban J connectivity index is 0.00000220. The smallest absolute Gasteiger partial charge is 0.257 e. The first-order valence-corrected chi connectivity index (χ1v) is 5.99. The van der Waals surface area contributed by atoms with Gasteiger partial charge in [-0.2, -0.15) is 5.10 Å². The van der Waals surface area contributed by atoms with Crippen LogP contribution in [0.5, 0.6) is 0 Å². The molecule has 2 rings (SSSR count). The Morgan fingerprint density at radius 1 is 1.10 bits per heavy atom. The van der Waals surface area contributed by atoms with Gasteiger partial charge in [-0.3, -0.25) is 4.68 Å². The Morgan fingerprint density at radius 2 is 1.76 bits per heavy atom. The lowest BCUT2D eigenvalue weighted by Gasteiger charge is -2.04. The summed E-state index contributed by atoms with van der Waals surface area (Å²) in [6, 6.07) is 4.87. The van der Waals surface area contributed by atoms with Crippen molar-refractivity contribution in [2.45, 2.75) is 26.1 Å². The van der Waals surface area contributed by atoms with E-state index in [2.05, 4.69) is 10.4 Å². The van der Waals surface area contributed by atoms with Crippen molar-refractivity contribution in [3.8, 4) is 0 Å². The summed E-state index contributed by atoms with van der Waals surface area (Å²) < 4.78 is 51.3. The van der Waals surface area contributed by atoms with Crippen LogP contribution in [0.3, 0.4) is 0 Å². The lowest BCUT2D eigenvalue weighted by molar-refractivity contribution is 0.121. The van der Waals surface area contributed by atoms with Crippen LogP contribution in [-0.4, -0.2) is 16.2 Å². The molecule has 0 saturated heterocycles. The number of hydrogen-bond donors (Lipinski definition) is 1. The molecule has 1 aromatic carbocycles. The van der Waals surface area contributed by atoms with Gasteiger partial charge in [0.25, 0.3) is 6.43 Å². The first kappa shape index (κ1) is 17.5. The number of nitrogens with zero attached hydrogens (tertiary/aromatic N) is 2. The fourth-order valence-electron chi connectivity index (χ4n) is 1.79. The Labute approximate surface area is 125 Å². The highest BCUT2D eigenvalue weighted by Gasteiger charge is 2.06. The van der Waals surface area contributed by atoms with Gasteiger partial charge in [0, 0.05) is 25.4 Å². The molecule has 0 radical (unpaired) electrons. The molecule has 3 nitrogen and oxygen atoms in total. The quantitative estimate of drug-likeness (QED) is 0.828. The van der Waals surface area contributed by atoms with Gasteiger partial charge in [-0.05, 0) is 23.8 Å². The number of nitrogens with one attached hydrogen (secondary N) is 1. The molecule has 0 atom stereocenters. The van der Waals surface area contributed by atoms with Gasteiger partial charge < -0.3 is 5.32 Å². The normalized spacial score (nSPS) is 10.7. The highest BCUT2D eigenvalue weighted by molar-refractivity contribution is 5.85. The minimum Gasteiger partial charge on any atom is -0.307 e. The van der Waals surface area contributed by atoms with Crippen LogP contribution in [0.2, 0.25) is 0 Å². The van der Waals surface area contributed by atoms with E-state index in [4.69, 9.17) is 0 Å². The Bertz CT molecular complexity index is 554. The predicted molar refractivity (Wildman–Crippen MR) is 72.4 cm³/mol. The predicted octanol–water partition coefficient (Wildman–Crippen LogP) is 3.14. The van der Waals surface area contributed by atoms with Gasteiger partial charge in [0.1, 0.15) is 18.2 Å². The molecule has 0 bridgehead atoms. The van der Waals surface area contributed by atoms with E-state index in [0.717, 1.165) is 10.7 Å². The zero-order valence-corrected chi connectivity index (χ0v) is 11.7. The van der Waals surface area contributed by atoms with Crippen molar-refractivity contribution in [3.63, 3.8) is 0 Å². The van der Waals surface area contributed by atoms with Crippen LogP contribution in [-0.2, 0) is 19.6 Å². The number of rotatable bonds is 6. The number of benzene rings is 1. The maximum atomic E-state index is 12.9. The average molecular weight is 324 g/mol. The van der Waals surface area contributed by atoms with E-state index in [1.165, 1.54) is 18.3 Å². The first-order chi connectivity index (χ1) is 9.52. The van der Waals surface area contributed by atoms with Crippen LogP contribution in [0.1, 0.15) is 11.3 Å². The first-order valence-electron chi connectivity index (χ1n) is 5.99. The molecule has 0 unspecified atom stereocenters. The highest BCUT2D eigenvalue weighted by Crippen LogP contribution is 2.08. The molecule has 21 heavy (non-hydrogen) atoms. The summed E-state index contributed by atoms with van der Waals surface area (Å²) in [6.45, 7) is 0.139. The second-order valence-electron chi connectivity index (χ2n) is 4.30. The molecule has 0 aliphatic rings. The number of hydrogen-bond acceptors (Lipinski definition) is 2. The maximum Gasteiger partial charge on any atom is 0.257 e. The second-order valence-corrected chi connectivity index (χ2v) is 4.30. The summed E-state index contributed by atoms with van der Waals surface area (Å²) in [5, 5.41) is 6.89. The molecular formula is C13H14ClF4N3. The zero-order chi connectivity index (χ0) is 14.5. The molecule has 2 aromatic rings. The topological polar surface area (TPSA) is 29.9 Å². The van der Waals surface area contributed by atoms with Crippen molar-refractivity contribution in [2.24, 2.45) is 0 Å². The van der Waals surface area contributed by atoms with E-state index >= 15 is 0 Å². The molecule has 0 aliphatic heterocycles. The second kappa shape index (κ2) is 7.99. The van der Waals surface area contributed by atoms with Crippen molar-refractivity contribution in [1.82, 2.24) is 15.1 Å². The molecule has 1 heterocycles. The van der Waals surface area contributed by atoms with E-state index in [9.17, 15) is 17.6 Å². The third-order valence-electron chi connectivity index (χ3n) is 2.58. The molecule has 0 aliphatic carbocycles. The Hall–Kier alpha value is -1.60. The largest absolute Gasteiger partial charge is 0.307 e. The number of halogens is 5. The summed E-state index contributed by atoms with van der Waals surface area (Å²) in [4.78, 5) is 0. The third kappa shape index (κ3) is 5.73. The number of alkyl halides is 2. The van der Waals surface area contributed by atoms with E-state index in [1.807, 2.05) is 0 Å². The number of aromatic nitrogens is 2. The standard InChI is InChI=1S/C13H13F4N3.ClH/c14-10-3-9(4-11(15)5-10)6-18-7-12-1-2-20(19-12)8-13(16)17;/h1-5,13,18H,6-8H2;1H. The van der Waals surface area contributed by atoms with E-state index in [-0.39, 0.29) is 19.0 Å². The van der Waals surface area contributed by atoms with Crippen LogP contribution in [0, 0.1) is 11.6 Å². The molecule has 1 aromatic heterocycles. The van der Waals surface area contributed by atoms with Crippen molar-refractivity contribution >= 4 is 12.4 Å². The third-order valence-corrected chi connectivity index (χ3v) is 2.58. The monoisotopic (exact) mass is 323 g/mol. The molecule has 116 valence electrons. The van der Waals surface area contributed by atoms with Crippen molar-refractivity contribution in [1.29, 1.82) is 0 Å². The summed E-state index contributed by atoms with van der Waals surface area (Å²) in [7, 11) is 0. The van der Waals surface area contributed by atoms with E-state index in [1.54, 1.807) is 6.07 Å².